The first-order valence-corrected chi connectivity index (χ1v) is 11.0. The number of rotatable bonds is 0. The molecule has 3 aliphatic rings. The standard InChI is InChI=1S/C26H23N5O2/c1-16-5-6-33-22-4-3-18-8-19-9-20(12-30-26(23(18)10-22)24(19)11-27)29-14-21-13-28-15-31(21)17(2)7-25(16)32/h3-6,8-10,12-14,16-17,21H,7,15H2,1-2H3. The topological polar surface area (TPSA) is 90.4 Å². The highest BCUT2D eigenvalue weighted by Gasteiger charge is 2.27. The molecule has 7 heteroatoms. The Kier molecular flexibility index (Phi) is 5.45. The highest BCUT2D eigenvalue weighted by Crippen LogP contribution is 2.37. The Hall–Kier alpha value is -3.89. The molecule has 3 atom stereocenters. The van der Waals surface area contributed by atoms with Crippen LogP contribution >= 0.6 is 0 Å². The van der Waals surface area contributed by atoms with Crippen LogP contribution in [0, 0.1) is 17.2 Å². The van der Waals surface area contributed by atoms with Crippen LogP contribution < -0.4 is 4.74 Å². The van der Waals surface area contributed by atoms with E-state index >= 15 is 0 Å². The molecule has 2 aromatic carbocycles. The number of allylic oxidation sites excluding steroid dienone is 2. The Morgan fingerprint density at radius 2 is 2.06 bits per heavy atom. The van der Waals surface area contributed by atoms with Crippen molar-refractivity contribution in [2.45, 2.75) is 32.4 Å². The van der Waals surface area contributed by atoms with Gasteiger partial charge in [0.2, 0.25) is 0 Å². The first-order valence-electron chi connectivity index (χ1n) is 11.0. The molecular formula is C26H23N5O2. The van der Waals surface area contributed by atoms with Crippen molar-refractivity contribution in [1.82, 2.24) is 4.90 Å². The molecule has 5 rings (SSSR count). The third-order valence-electron chi connectivity index (χ3n) is 6.26. The van der Waals surface area contributed by atoms with Crippen molar-refractivity contribution in [2.24, 2.45) is 20.9 Å². The summed E-state index contributed by atoms with van der Waals surface area (Å²) in [5.41, 5.74) is 2.53. The third-order valence-corrected chi connectivity index (χ3v) is 6.26. The van der Waals surface area contributed by atoms with Crippen LogP contribution in [0.1, 0.15) is 31.4 Å². The van der Waals surface area contributed by atoms with Crippen molar-refractivity contribution in [2.75, 3.05) is 6.67 Å². The molecule has 5 bridgehead atoms. The molecule has 33 heavy (non-hydrogen) atoms. The molecule has 3 unspecified atom stereocenters. The second kappa shape index (κ2) is 8.57. The molecule has 7 nitrogen and oxygen atoms in total. The van der Waals surface area contributed by atoms with Gasteiger partial charge in [0.15, 0.2) is 0 Å². The summed E-state index contributed by atoms with van der Waals surface area (Å²) in [4.78, 5) is 28.6. The van der Waals surface area contributed by atoms with E-state index in [2.05, 4.69) is 25.9 Å². The number of nitriles is 1. The van der Waals surface area contributed by atoms with Gasteiger partial charge >= 0.3 is 0 Å². The average molecular weight is 438 g/mol. The number of nitrogens with zero attached hydrogens (tertiary/aromatic N) is 5. The molecule has 0 aromatic heterocycles. The summed E-state index contributed by atoms with van der Waals surface area (Å²) in [7, 11) is 0. The van der Waals surface area contributed by atoms with Gasteiger partial charge in [-0.1, -0.05) is 13.0 Å². The van der Waals surface area contributed by atoms with Crippen LogP contribution in [-0.4, -0.2) is 48.1 Å². The maximum Gasteiger partial charge on any atom is 0.141 e. The number of ketones is 1. The SMILES string of the molecule is CC1C=COc2ccc3cc4c(C#N)c(c3c2)N=CC(=C4)N=CC2C=NCN2C(C)CC1=O. The number of hydrogen-bond donors (Lipinski definition) is 0. The Labute approximate surface area is 192 Å². The summed E-state index contributed by atoms with van der Waals surface area (Å²) in [5.74, 6) is 0.485. The zero-order valence-corrected chi connectivity index (χ0v) is 18.5. The molecule has 0 saturated carbocycles. The van der Waals surface area contributed by atoms with Gasteiger partial charge in [0, 0.05) is 36.2 Å². The van der Waals surface area contributed by atoms with Crippen LogP contribution in [0.25, 0.3) is 16.8 Å². The van der Waals surface area contributed by atoms with E-state index in [1.807, 2.05) is 56.6 Å². The fraction of sp³-hybridized carbons (Fsp3) is 0.269. The molecule has 3 heterocycles. The van der Waals surface area contributed by atoms with E-state index in [0.717, 1.165) is 16.3 Å². The first kappa shape index (κ1) is 21.0. The van der Waals surface area contributed by atoms with Crippen molar-refractivity contribution in [3.63, 3.8) is 0 Å². The molecule has 0 saturated heterocycles. The first-order chi connectivity index (χ1) is 16.0. The highest BCUT2D eigenvalue weighted by atomic mass is 16.5. The molecule has 0 aliphatic carbocycles. The molecule has 2 aromatic rings. The second-order valence-electron chi connectivity index (χ2n) is 8.52. The van der Waals surface area contributed by atoms with Crippen LogP contribution in [0.2, 0.25) is 0 Å². The van der Waals surface area contributed by atoms with E-state index in [1.54, 1.807) is 18.6 Å². The van der Waals surface area contributed by atoms with Gasteiger partial charge in [0.05, 0.1) is 42.1 Å². The fourth-order valence-corrected chi connectivity index (χ4v) is 4.30. The zero-order chi connectivity index (χ0) is 22.9. The number of benzene rings is 2. The lowest BCUT2D eigenvalue weighted by atomic mass is 9.98. The van der Waals surface area contributed by atoms with E-state index in [1.165, 1.54) is 0 Å². The Morgan fingerprint density at radius 3 is 2.91 bits per heavy atom. The van der Waals surface area contributed by atoms with Crippen molar-refractivity contribution in [1.29, 1.82) is 5.26 Å². The molecular weight excluding hydrogens is 414 g/mol. The predicted octanol–water partition coefficient (Wildman–Crippen LogP) is 4.44. The lowest BCUT2D eigenvalue weighted by molar-refractivity contribution is -0.122. The number of carbonyl (C=O) groups is 1. The van der Waals surface area contributed by atoms with Gasteiger partial charge in [0.25, 0.3) is 0 Å². The monoisotopic (exact) mass is 437 g/mol. The highest BCUT2D eigenvalue weighted by molar-refractivity contribution is 6.04. The Bertz CT molecular complexity index is 1330. The second-order valence-corrected chi connectivity index (χ2v) is 8.52. The van der Waals surface area contributed by atoms with Gasteiger partial charge in [-0.2, -0.15) is 5.26 Å². The summed E-state index contributed by atoms with van der Waals surface area (Å²) in [5, 5.41) is 11.6. The van der Waals surface area contributed by atoms with Crippen LogP contribution in [0.15, 0.2) is 57.3 Å². The number of carbonyl (C=O) groups excluding carboxylic acids is 1. The summed E-state index contributed by atoms with van der Waals surface area (Å²) >= 11 is 0. The normalized spacial score (nSPS) is 24.6. The van der Waals surface area contributed by atoms with E-state index < -0.39 is 0 Å². The van der Waals surface area contributed by atoms with Gasteiger partial charge in [-0.15, -0.1) is 0 Å². The lowest BCUT2D eigenvalue weighted by Gasteiger charge is -2.27. The number of ether oxygens (including phenoxy) is 1. The molecule has 0 amide bonds. The van der Waals surface area contributed by atoms with Gasteiger partial charge in [-0.3, -0.25) is 24.7 Å². The van der Waals surface area contributed by atoms with Crippen LogP contribution in [-0.2, 0) is 4.79 Å². The minimum Gasteiger partial charge on any atom is -0.465 e. The van der Waals surface area contributed by atoms with E-state index in [0.29, 0.717) is 35.8 Å². The van der Waals surface area contributed by atoms with E-state index in [9.17, 15) is 10.1 Å². The summed E-state index contributed by atoms with van der Waals surface area (Å²) < 4.78 is 5.81. The van der Waals surface area contributed by atoms with E-state index in [4.69, 9.17) is 4.74 Å². The van der Waals surface area contributed by atoms with Crippen molar-refractivity contribution in [3.05, 3.63) is 53.4 Å². The van der Waals surface area contributed by atoms with Crippen LogP contribution in [0.5, 0.6) is 5.75 Å². The average Bonchev–Trinajstić information content (AvgIpc) is 3.23. The number of Topliss-reactive ketones (excluding diaryl/α,β-unsaturated/α-hetero) is 1. The maximum absolute atomic E-state index is 12.8. The largest absolute Gasteiger partial charge is 0.465 e. The van der Waals surface area contributed by atoms with Gasteiger partial charge in [0.1, 0.15) is 17.6 Å². The lowest BCUT2D eigenvalue weighted by Crippen LogP contribution is -2.41. The molecule has 3 aliphatic heterocycles. The zero-order valence-electron chi connectivity index (χ0n) is 18.5. The fourth-order valence-electron chi connectivity index (χ4n) is 4.30. The third kappa shape index (κ3) is 4.01. The molecule has 0 radical (unpaired) electrons. The summed E-state index contributed by atoms with van der Waals surface area (Å²) in [6.07, 6.45) is 11.0. The van der Waals surface area contributed by atoms with Gasteiger partial charge in [-0.25, -0.2) is 0 Å². The van der Waals surface area contributed by atoms with Crippen LogP contribution in [0.4, 0.5) is 5.69 Å². The Morgan fingerprint density at radius 1 is 1.18 bits per heavy atom. The summed E-state index contributed by atoms with van der Waals surface area (Å²) in [6.45, 7) is 4.43. The van der Waals surface area contributed by atoms with Gasteiger partial charge < -0.3 is 4.74 Å². The number of hydrogen-bond acceptors (Lipinski definition) is 7. The minimum absolute atomic E-state index is 0.00896. The smallest absolute Gasteiger partial charge is 0.141 e. The quantitative estimate of drug-likeness (QED) is 0.609. The van der Waals surface area contributed by atoms with E-state index in [-0.39, 0.29) is 23.8 Å². The molecule has 0 N–H and O–H groups in total. The number of fused-ring (bicyclic) bond motifs is 4. The van der Waals surface area contributed by atoms with Crippen molar-refractivity contribution < 1.29 is 9.53 Å². The summed E-state index contributed by atoms with van der Waals surface area (Å²) in [6, 6.07) is 9.85. The molecule has 164 valence electrons. The number of aliphatic imine (C=N–C) groups is 3. The molecule has 0 spiro atoms. The predicted molar refractivity (Wildman–Crippen MR) is 130 cm³/mol. The van der Waals surface area contributed by atoms with Crippen molar-refractivity contribution in [3.8, 4) is 11.8 Å². The van der Waals surface area contributed by atoms with Crippen LogP contribution in [0.3, 0.4) is 0 Å². The minimum atomic E-state index is -0.271. The van der Waals surface area contributed by atoms with Gasteiger partial charge in [-0.05, 0) is 48.2 Å². The van der Waals surface area contributed by atoms with Crippen molar-refractivity contribution >= 4 is 47.0 Å². The Balaban J connectivity index is 1.64. The maximum atomic E-state index is 12.8. The molecule has 0 fully saturated rings.